The van der Waals surface area contributed by atoms with E-state index in [1.807, 2.05) is 20.8 Å². The van der Waals surface area contributed by atoms with Crippen LogP contribution in [0.1, 0.15) is 53.4 Å². The molecule has 118 valence electrons. The molecule has 2 N–H and O–H groups in total. The molecule has 0 heterocycles. The van der Waals surface area contributed by atoms with Crippen LogP contribution in [-0.4, -0.2) is 48.1 Å². The summed E-state index contributed by atoms with van der Waals surface area (Å²) < 4.78 is 11.0. The van der Waals surface area contributed by atoms with Crippen molar-refractivity contribution in [3.63, 3.8) is 0 Å². The monoisotopic (exact) mass is 287 g/mol. The molecule has 0 aromatic carbocycles. The first kappa shape index (κ1) is 17.4. The lowest BCUT2D eigenvalue weighted by atomic mass is 9.96. The van der Waals surface area contributed by atoms with Crippen LogP contribution < -0.4 is 5.32 Å². The standard InChI is InChI=1S/C15H29NO4/c1-14(2,3)20-11-10-19-9-5-8-15(4,13(17)18)16-12-6-7-12/h12,16H,5-11H2,1-4H3,(H,17,18). The van der Waals surface area contributed by atoms with E-state index in [1.54, 1.807) is 6.92 Å². The van der Waals surface area contributed by atoms with Crippen molar-refractivity contribution >= 4 is 5.97 Å². The Hall–Kier alpha value is -0.650. The highest BCUT2D eigenvalue weighted by atomic mass is 16.5. The highest BCUT2D eigenvalue weighted by Gasteiger charge is 2.37. The predicted octanol–water partition coefficient (Wildman–Crippen LogP) is 2.19. The summed E-state index contributed by atoms with van der Waals surface area (Å²) in [5, 5.41) is 12.5. The van der Waals surface area contributed by atoms with Gasteiger partial charge in [-0.1, -0.05) is 0 Å². The average molecular weight is 287 g/mol. The number of carboxylic acids is 1. The lowest BCUT2D eigenvalue weighted by Crippen LogP contribution is -2.50. The minimum Gasteiger partial charge on any atom is -0.480 e. The first-order chi connectivity index (χ1) is 9.23. The zero-order chi connectivity index (χ0) is 15.2. The van der Waals surface area contributed by atoms with Gasteiger partial charge in [0.25, 0.3) is 0 Å². The number of hydrogen-bond donors (Lipinski definition) is 2. The fourth-order valence-corrected chi connectivity index (χ4v) is 1.96. The number of aliphatic carboxylic acids is 1. The Morgan fingerprint density at radius 3 is 2.35 bits per heavy atom. The quantitative estimate of drug-likeness (QED) is 0.603. The zero-order valence-electron chi connectivity index (χ0n) is 13.2. The number of hydrogen-bond acceptors (Lipinski definition) is 4. The van der Waals surface area contributed by atoms with Gasteiger partial charge in [0.15, 0.2) is 0 Å². The van der Waals surface area contributed by atoms with E-state index in [9.17, 15) is 9.90 Å². The summed E-state index contributed by atoms with van der Waals surface area (Å²) >= 11 is 0. The molecule has 5 nitrogen and oxygen atoms in total. The van der Waals surface area contributed by atoms with Crippen molar-refractivity contribution in [3.8, 4) is 0 Å². The highest BCUT2D eigenvalue weighted by molar-refractivity contribution is 5.78. The Bertz CT molecular complexity index is 309. The maximum Gasteiger partial charge on any atom is 0.323 e. The summed E-state index contributed by atoms with van der Waals surface area (Å²) in [6.07, 6.45) is 3.49. The van der Waals surface area contributed by atoms with Crippen LogP contribution in [0.4, 0.5) is 0 Å². The number of ether oxygens (including phenoxy) is 2. The molecule has 5 heteroatoms. The summed E-state index contributed by atoms with van der Waals surface area (Å²) in [5.74, 6) is -0.777. The molecular formula is C15H29NO4. The molecule has 1 rings (SSSR count). The molecule has 0 aromatic heterocycles. The largest absolute Gasteiger partial charge is 0.480 e. The minimum atomic E-state index is -0.827. The van der Waals surface area contributed by atoms with Gasteiger partial charge >= 0.3 is 5.97 Å². The number of carboxylic acid groups (broad SMARTS) is 1. The van der Waals surface area contributed by atoms with E-state index in [-0.39, 0.29) is 5.60 Å². The van der Waals surface area contributed by atoms with E-state index in [0.717, 1.165) is 19.3 Å². The Balaban J connectivity index is 2.10. The second-order valence-electron chi connectivity index (χ2n) is 6.73. The molecule has 0 aliphatic heterocycles. The van der Waals surface area contributed by atoms with Crippen LogP contribution in [0.25, 0.3) is 0 Å². The summed E-state index contributed by atoms with van der Waals surface area (Å²) in [6.45, 7) is 9.48. The van der Waals surface area contributed by atoms with Crippen LogP contribution in [0.5, 0.6) is 0 Å². The normalized spacial score (nSPS) is 18.8. The SMILES string of the molecule is CC(C)(C)OCCOCCCC(C)(NC1CC1)C(=O)O. The topological polar surface area (TPSA) is 67.8 Å². The molecule has 0 aromatic rings. The van der Waals surface area contributed by atoms with Crippen LogP contribution in [0.2, 0.25) is 0 Å². The minimum absolute atomic E-state index is 0.139. The van der Waals surface area contributed by atoms with E-state index in [2.05, 4.69) is 5.32 Å². The molecule has 1 fully saturated rings. The first-order valence-corrected chi connectivity index (χ1v) is 7.46. The predicted molar refractivity (Wildman–Crippen MR) is 78.0 cm³/mol. The molecular weight excluding hydrogens is 258 g/mol. The lowest BCUT2D eigenvalue weighted by Gasteiger charge is -2.26. The highest BCUT2D eigenvalue weighted by Crippen LogP contribution is 2.25. The van der Waals surface area contributed by atoms with Crippen LogP contribution in [0, 0.1) is 0 Å². The van der Waals surface area contributed by atoms with Gasteiger partial charge in [0.1, 0.15) is 5.54 Å². The molecule has 0 spiro atoms. The molecule has 0 bridgehead atoms. The van der Waals surface area contributed by atoms with Gasteiger partial charge in [0.05, 0.1) is 18.8 Å². The molecule has 1 saturated carbocycles. The van der Waals surface area contributed by atoms with Gasteiger partial charge in [-0.05, 0) is 53.4 Å². The Kier molecular flexibility index (Phi) is 6.43. The summed E-state index contributed by atoms with van der Waals surface area (Å²) in [7, 11) is 0. The molecule has 0 saturated heterocycles. The van der Waals surface area contributed by atoms with Crippen LogP contribution in [0.3, 0.4) is 0 Å². The lowest BCUT2D eigenvalue weighted by molar-refractivity contribution is -0.144. The van der Waals surface area contributed by atoms with Gasteiger partial charge in [-0.25, -0.2) is 0 Å². The van der Waals surface area contributed by atoms with Crippen LogP contribution in [-0.2, 0) is 14.3 Å². The summed E-state index contributed by atoms with van der Waals surface area (Å²) in [4.78, 5) is 11.3. The molecule has 0 amide bonds. The zero-order valence-corrected chi connectivity index (χ0v) is 13.2. The van der Waals surface area contributed by atoms with Gasteiger partial charge in [-0.15, -0.1) is 0 Å². The van der Waals surface area contributed by atoms with Gasteiger partial charge in [0.2, 0.25) is 0 Å². The van der Waals surface area contributed by atoms with E-state index in [1.165, 1.54) is 0 Å². The maximum atomic E-state index is 11.3. The third-order valence-corrected chi connectivity index (χ3v) is 3.30. The molecule has 0 radical (unpaired) electrons. The van der Waals surface area contributed by atoms with Crippen molar-refractivity contribution in [3.05, 3.63) is 0 Å². The van der Waals surface area contributed by atoms with Gasteiger partial charge in [-0.3, -0.25) is 10.1 Å². The molecule has 1 atom stereocenters. The van der Waals surface area contributed by atoms with Crippen LogP contribution >= 0.6 is 0 Å². The Morgan fingerprint density at radius 2 is 1.85 bits per heavy atom. The van der Waals surface area contributed by atoms with E-state index in [0.29, 0.717) is 32.3 Å². The second-order valence-corrected chi connectivity index (χ2v) is 6.73. The summed E-state index contributed by atoms with van der Waals surface area (Å²) in [6, 6.07) is 0.386. The summed E-state index contributed by atoms with van der Waals surface area (Å²) in [5.41, 5.74) is -0.966. The Morgan fingerprint density at radius 1 is 1.20 bits per heavy atom. The molecule has 20 heavy (non-hydrogen) atoms. The molecule has 1 unspecified atom stereocenters. The fraction of sp³-hybridized carbons (Fsp3) is 0.933. The van der Waals surface area contributed by atoms with Crippen molar-refractivity contribution in [2.24, 2.45) is 0 Å². The van der Waals surface area contributed by atoms with E-state index >= 15 is 0 Å². The van der Waals surface area contributed by atoms with Crippen molar-refractivity contribution in [1.29, 1.82) is 0 Å². The van der Waals surface area contributed by atoms with E-state index < -0.39 is 11.5 Å². The third-order valence-electron chi connectivity index (χ3n) is 3.30. The molecule has 1 aliphatic carbocycles. The fourth-order valence-electron chi connectivity index (χ4n) is 1.96. The number of nitrogens with one attached hydrogen (secondary N) is 1. The van der Waals surface area contributed by atoms with Crippen LogP contribution in [0.15, 0.2) is 0 Å². The third kappa shape index (κ3) is 7.22. The number of carbonyl (C=O) groups is 1. The van der Waals surface area contributed by atoms with Crippen molar-refractivity contribution in [2.75, 3.05) is 19.8 Å². The second kappa shape index (κ2) is 7.38. The first-order valence-electron chi connectivity index (χ1n) is 7.46. The maximum absolute atomic E-state index is 11.3. The van der Waals surface area contributed by atoms with Crippen molar-refractivity contribution < 1.29 is 19.4 Å². The van der Waals surface area contributed by atoms with Gasteiger partial charge < -0.3 is 14.6 Å². The smallest absolute Gasteiger partial charge is 0.323 e. The average Bonchev–Trinajstić information content (AvgIpc) is 3.10. The van der Waals surface area contributed by atoms with Gasteiger partial charge in [0, 0.05) is 12.6 Å². The Labute approximate surface area is 122 Å². The van der Waals surface area contributed by atoms with E-state index in [4.69, 9.17) is 9.47 Å². The van der Waals surface area contributed by atoms with Crippen molar-refractivity contribution in [2.45, 2.75) is 70.6 Å². The van der Waals surface area contributed by atoms with Crippen molar-refractivity contribution in [1.82, 2.24) is 5.32 Å². The van der Waals surface area contributed by atoms with Gasteiger partial charge in [-0.2, -0.15) is 0 Å². The number of rotatable bonds is 10. The molecule has 1 aliphatic rings.